The molecular weight excluding hydrogens is 304 g/mol. The van der Waals surface area contributed by atoms with Crippen molar-refractivity contribution in [3.05, 3.63) is 60.7 Å². The van der Waals surface area contributed by atoms with Gasteiger partial charge in [0.05, 0.1) is 6.04 Å². The number of nitrogens with zero attached hydrogens (tertiary/aromatic N) is 5. The largest absolute Gasteiger partial charge is 0.342 e. The van der Waals surface area contributed by atoms with Crippen molar-refractivity contribution in [2.75, 3.05) is 0 Å². The van der Waals surface area contributed by atoms with E-state index in [-0.39, 0.29) is 17.9 Å². The Morgan fingerprint density at radius 1 is 1.21 bits per heavy atom. The second-order valence-electron chi connectivity index (χ2n) is 6.01. The molecule has 0 bridgehead atoms. The quantitative estimate of drug-likeness (QED) is 0.780. The van der Waals surface area contributed by atoms with Gasteiger partial charge in [0, 0.05) is 30.7 Å². The number of hydrogen-bond acceptors (Lipinski definition) is 4. The Kier molecular flexibility index (Phi) is 4.41. The summed E-state index contributed by atoms with van der Waals surface area (Å²) >= 11 is 0. The average molecular weight is 324 g/mol. The molecule has 0 saturated heterocycles. The number of aryl methyl sites for hydroxylation is 1. The van der Waals surface area contributed by atoms with Crippen LogP contribution in [0.1, 0.15) is 36.1 Å². The van der Waals surface area contributed by atoms with Crippen LogP contribution in [-0.2, 0) is 7.05 Å². The lowest BCUT2D eigenvalue weighted by molar-refractivity contribution is 0.0922. The monoisotopic (exact) mass is 324 g/mol. The second-order valence-corrected chi connectivity index (χ2v) is 6.01. The fourth-order valence-electron chi connectivity index (χ4n) is 2.57. The number of nitrogens with one attached hydrogen (secondary N) is 1. The summed E-state index contributed by atoms with van der Waals surface area (Å²) < 4.78 is 3.69. The van der Waals surface area contributed by atoms with E-state index in [1.807, 2.05) is 36.0 Å². The van der Waals surface area contributed by atoms with Gasteiger partial charge in [0.2, 0.25) is 0 Å². The first-order valence-electron chi connectivity index (χ1n) is 7.79. The Balaban J connectivity index is 1.84. The Morgan fingerprint density at radius 3 is 2.58 bits per heavy atom. The smallest absolute Gasteiger partial charge is 0.251 e. The first-order valence-corrected chi connectivity index (χ1v) is 7.79. The summed E-state index contributed by atoms with van der Waals surface area (Å²) in [4.78, 5) is 17.1. The van der Waals surface area contributed by atoms with Gasteiger partial charge >= 0.3 is 0 Å². The SMILES string of the molecule is CC(C)[C@@H](NC(=O)c1cccc(-n2cnnc2)c1)c1nccn1C. The van der Waals surface area contributed by atoms with Crippen molar-refractivity contribution in [2.24, 2.45) is 13.0 Å². The van der Waals surface area contributed by atoms with Crippen LogP contribution in [0.2, 0.25) is 0 Å². The van der Waals surface area contributed by atoms with Crippen LogP contribution in [0.5, 0.6) is 0 Å². The zero-order valence-electron chi connectivity index (χ0n) is 13.9. The molecule has 7 nitrogen and oxygen atoms in total. The molecular formula is C17H20N6O. The van der Waals surface area contributed by atoms with E-state index in [0.29, 0.717) is 5.56 Å². The van der Waals surface area contributed by atoms with Crippen molar-refractivity contribution in [2.45, 2.75) is 19.9 Å². The number of aromatic nitrogens is 5. The highest BCUT2D eigenvalue weighted by atomic mass is 16.1. The molecule has 2 heterocycles. The molecule has 1 aromatic carbocycles. The van der Waals surface area contributed by atoms with E-state index in [4.69, 9.17) is 0 Å². The molecule has 0 radical (unpaired) electrons. The number of hydrogen-bond donors (Lipinski definition) is 1. The topological polar surface area (TPSA) is 77.6 Å². The van der Waals surface area contributed by atoms with Crippen LogP contribution in [-0.4, -0.2) is 30.2 Å². The van der Waals surface area contributed by atoms with Gasteiger partial charge in [0.15, 0.2) is 0 Å². The highest BCUT2D eigenvalue weighted by Gasteiger charge is 2.22. The first-order chi connectivity index (χ1) is 11.6. The maximum Gasteiger partial charge on any atom is 0.251 e. The summed E-state index contributed by atoms with van der Waals surface area (Å²) in [6.45, 7) is 4.13. The summed E-state index contributed by atoms with van der Waals surface area (Å²) in [6, 6.07) is 7.19. The number of carbonyl (C=O) groups is 1. The van der Waals surface area contributed by atoms with Crippen LogP contribution in [0.4, 0.5) is 0 Å². The molecule has 124 valence electrons. The Hall–Kier alpha value is -2.96. The molecule has 0 fully saturated rings. The fourth-order valence-corrected chi connectivity index (χ4v) is 2.57. The van der Waals surface area contributed by atoms with E-state index in [1.54, 1.807) is 29.5 Å². The Labute approximate surface area is 140 Å². The molecule has 3 aromatic rings. The maximum atomic E-state index is 12.7. The minimum absolute atomic E-state index is 0.133. The predicted octanol–water partition coefficient (Wildman–Crippen LogP) is 2.13. The summed E-state index contributed by atoms with van der Waals surface area (Å²) in [6.07, 6.45) is 6.82. The number of carbonyl (C=O) groups excluding carboxylic acids is 1. The third-order valence-electron chi connectivity index (χ3n) is 3.92. The van der Waals surface area contributed by atoms with Gasteiger partial charge < -0.3 is 9.88 Å². The third-order valence-corrected chi connectivity index (χ3v) is 3.92. The van der Waals surface area contributed by atoms with Crippen molar-refractivity contribution < 1.29 is 4.79 Å². The lowest BCUT2D eigenvalue weighted by Crippen LogP contribution is -2.33. The van der Waals surface area contributed by atoms with E-state index in [9.17, 15) is 4.79 Å². The normalized spacial score (nSPS) is 12.3. The molecule has 0 saturated carbocycles. The van der Waals surface area contributed by atoms with Crippen molar-refractivity contribution in [3.63, 3.8) is 0 Å². The molecule has 0 aliphatic heterocycles. The van der Waals surface area contributed by atoms with E-state index < -0.39 is 0 Å². The van der Waals surface area contributed by atoms with Crippen molar-refractivity contribution in [1.29, 1.82) is 0 Å². The minimum atomic E-state index is -0.156. The zero-order valence-corrected chi connectivity index (χ0v) is 13.9. The van der Waals surface area contributed by atoms with Crippen molar-refractivity contribution in [3.8, 4) is 5.69 Å². The lowest BCUT2D eigenvalue weighted by Gasteiger charge is -2.22. The van der Waals surface area contributed by atoms with Crippen LogP contribution >= 0.6 is 0 Å². The van der Waals surface area contributed by atoms with Crippen LogP contribution < -0.4 is 5.32 Å². The predicted molar refractivity (Wildman–Crippen MR) is 89.6 cm³/mol. The molecule has 0 unspecified atom stereocenters. The lowest BCUT2D eigenvalue weighted by atomic mass is 10.0. The number of amides is 1. The number of rotatable bonds is 5. The highest BCUT2D eigenvalue weighted by molar-refractivity contribution is 5.95. The Bertz CT molecular complexity index is 821. The van der Waals surface area contributed by atoms with Crippen molar-refractivity contribution in [1.82, 2.24) is 29.6 Å². The van der Waals surface area contributed by atoms with Gasteiger partial charge in [0.1, 0.15) is 18.5 Å². The van der Waals surface area contributed by atoms with Gasteiger partial charge in [-0.3, -0.25) is 9.36 Å². The molecule has 3 rings (SSSR count). The van der Waals surface area contributed by atoms with Crippen LogP contribution in [0, 0.1) is 5.92 Å². The van der Waals surface area contributed by atoms with Crippen LogP contribution in [0.15, 0.2) is 49.3 Å². The summed E-state index contributed by atoms with van der Waals surface area (Å²) in [7, 11) is 1.93. The summed E-state index contributed by atoms with van der Waals surface area (Å²) in [5.41, 5.74) is 1.42. The molecule has 1 N–H and O–H groups in total. The average Bonchev–Trinajstić information content (AvgIpc) is 3.24. The molecule has 0 aliphatic rings. The third kappa shape index (κ3) is 3.19. The first kappa shape index (κ1) is 15.9. The van der Waals surface area contributed by atoms with Gasteiger partial charge in [-0.2, -0.15) is 0 Å². The van der Waals surface area contributed by atoms with E-state index >= 15 is 0 Å². The number of benzene rings is 1. The van der Waals surface area contributed by atoms with E-state index in [0.717, 1.165) is 11.5 Å². The Morgan fingerprint density at radius 2 is 1.96 bits per heavy atom. The molecule has 1 atom stereocenters. The molecule has 7 heteroatoms. The molecule has 0 aliphatic carbocycles. The van der Waals surface area contributed by atoms with E-state index in [1.165, 1.54) is 0 Å². The second kappa shape index (κ2) is 6.66. The van der Waals surface area contributed by atoms with Gasteiger partial charge in [-0.05, 0) is 24.1 Å². The van der Waals surface area contributed by atoms with Crippen LogP contribution in [0.3, 0.4) is 0 Å². The zero-order chi connectivity index (χ0) is 17.1. The van der Waals surface area contributed by atoms with Crippen molar-refractivity contribution >= 4 is 5.91 Å². The van der Waals surface area contributed by atoms with Gasteiger partial charge in [-0.1, -0.05) is 19.9 Å². The molecule has 24 heavy (non-hydrogen) atoms. The molecule has 2 aromatic heterocycles. The number of imidazole rings is 1. The van der Waals surface area contributed by atoms with Gasteiger partial charge in [-0.15, -0.1) is 10.2 Å². The van der Waals surface area contributed by atoms with Gasteiger partial charge in [-0.25, -0.2) is 4.98 Å². The van der Waals surface area contributed by atoms with Gasteiger partial charge in [0.25, 0.3) is 5.91 Å². The van der Waals surface area contributed by atoms with E-state index in [2.05, 4.69) is 34.3 Å². The summed E-state index contributed by atoms with van der Waals surface area (Å²) in [5.74, 6) is 0.927. The fraction of sp³-hybridized carbons (Fsp3) is 0.294. The molecule has 1 amide bonds. The standard InChI is InChI=1S/C17H20N6O/c1-12(2)15(16-18-7-8-22(16)3)21-17(24)13-5-4-6-14(9-13)23-10-19-20-11-23/h4-12,15H,1-3H3,(H,21,24)/t15-/m1/s1. The highest BCUT2D eigenvalue weighted by Crippen LogP contribution is 2.20. The minimum Gasteiger partial charge on any atom is -0.342 e. The molecule has 0 spiro atoms. The maximum absolute atomic E-state index is 12.7. The van der Waals surface area contributed by atoms with Crippen LogP contribution in [0.25, 0.3) is 5.69 Å². The summed E-state index contributed by atoms with van der Waals surface area (Å²) in [5, 5.41) is 10.7.